The standard InChI is InChI=1S/C18H23N5O2S.HI/c1-4-19-17(21-11-14-12-23-7-8-26-18(23)22-14)20-10-13-5-6-15(24-2)16(9-13)25-3;/h5-9,12H,4,10-11H2,1-3H3,(H2,19,20,21);1H. The molecule has 0 atom stereocenters. The monoisotopic (exact) mass is 501 g/mol. The van der Waals surface area contributed by atoms with E-state index in [1.807, 2.05) is 47.3 Å². The molecule has 0 aliphatic rings. The molecule has 3 aromatic rings. The van der Waals surface area contributed by atoms with Gasteiger partial charge >= 0.3 is 0 Å². The Hall–Kier alpha value is -2.01. The van der Waals surface area contributed by atoms with Gasteiger partial charge in [-0.05, 0) is 24.6 Å². The molecule has 2 heterocycles. The van der Waals surface area contributed by atoms with Crippen LogP contribution in [-0.2, 0) is 13.1 Å². The summed E-state index contributed by atoms with van der Waals surface area (Å²) in [5.41, 5.74) is 2.02. The zero-order chi connectivity index (χ0) is 18.4. The van der Waals surface area contributed by atoms with Gasteiger partial charge in [0, 0.05) is 24.3 Å². The van der Waals surface area contributed by atoms with Crippen LogP contribution in [0.5, 0.6) is 11.5 Å². The molecular formula is C18H24IN5O2S. The largest absolute Gasteiger partial charge is 0.493 e. The molecule has 0 bridgehead atoms. The number of benzene rings is 1. The maximum Gasteiger partial charge on any atom is 0.193 e. The molecular weight excluding hydrogens is 477 g/mol. The first-order valence-corrected chi connectivity index (χ1v) is 9.25. The number of methoxy groups -OCH3 is 2. The van der Waals surface area contributed by atoms with Crippen molar-refractivity contribution in [2.75, 3.05) is 20.8 Å². The number of aliphatic imine (C=N–C) groups is 1. The topological polar surface area (TPSA) is 72.2 Å². The average molecular weight is 501 g/mol. The van der Waals surface area contributed by atoms with Crippen molar-refractivity contribution in [2.45, 2.75) is 20.0 Å². The number of fused-ring (bicyclic) bond motifs is 1. The van der Waals surface area contributed by atoms with Crippen molar-refractivity contribution >= 4 is 46.2 Å². The number of guanidine groups is 1. The van der Waals surface area contributed by atoms with Gasteiger partial charge in [0.25, 0.3) is 0 Å². The Morgan fingerprint density at radius 2 is 2.04 bits per heavy atom. The van der Waals surface area contributed by atoms with Gasteiger partial charge in [0.2, 0.25) is 0 Å². The number of hydrogen-bond acceptors (Lipinski definition) is 5. The third kappa shape index (κ3) is 5.48. The molecule has 0 fully saturated rings. The molecule has 0 aliphatic carbocycles. The Morgan fingerprint density at radius 1 is 1.22 bits per heavy atom. The molecule has 146 valence electrons. The van der Waals surface area contributed by atoms with Crippen molar-refractivity contribution in [1.82, 2.24) is 20.0 Å². The quantitative estimate of drug-likeness (QED) is 0.296. The molecule has 0 saturated carbocycles. The van der Waals surface area contributed by atoms with Crippen LogP contribution in [0.4, 0.5) is 0 Å². The van der Waals surface area contributed by atoms with Crippen molar-refractivity contribution in [3.8, 4) is 11.5 Å². The number of rotatable bonds is 7. The molecule has 0 unspecified atom stereocenters. The highest BCUT2D eigenvalue weighted by Crippen LogP contribution is 2.27. The van der Waals surface area contributed by atoms with E-state index in [0.29, 0.717) is 24.6 Å². The molecule has 3 rings (SSSR count). The molecule has 9 heteroatoms. The molecule has 7 nitrogen and oxygen atoms in total. The van der Waals surface area contributed by atoms with Crippen LogP contribution in [0.2, 0.25) is 0 Å². The molecule has 0 saturated heterocycles. The molecule has 0 radical (unpaired) electrons. The lowest BCUT2D eigenvalue weighted by Crippen LogP contribution is -2.36. The number of halogens is 1. The van der Waals surface area contributed by atoms with Crippen LogP contribution in [-0.4, -0.2) is 36.1 Å². The molecule has 2 N–H and O–H groups in total. The summed E-state index contributed by atoms with van der Waals surface area (Å²) in [4.78, 5) is 10.2. The van der Waals surface area contributed by atoms with Crippen molar-refractivity contribution < 1.29 is 9.47 Å². The van der Waals surface area contributed by atoms with Gasteiger partial charge in [0.05, 0.1) is 33.0 Å². The molecule has 0 aliphatic heterocycles. The van der Waals surface area contributed by atoms with E-state index < -0.39 is 0 Å². The molecule has 0 spiro atoms. The molecule has 1 aromatic carbocycles. The van der Waals surface area contributed by atoms with Gasteiger partial charge in [-0.1, -0.05) is 6.07 Å². The van der Waals surface area contributed by atoms with Crippen molar-refractivity contribution in [1.29, 1.82) is 0 Å². The smallest absolute Gasteiger partial charge is 0.193 e. The minimum Gasteiger partial charge on any atom is -0.493 e. The normalized spacial score (nSPS) is 11.1. The minimum atomic E-state index is 0. The highest BCUT2D eigenvalue weighted by Gasteiger charge is 2.06. The summed E-state index contributed by atoms with van der Waals surface area (Å²) >= 11 is 1.62. The van der Waals surface area contributed by atoms with E-state index in [-0.39, 0.29) is 24.0 Å². The third-order valence-corrected chi connectivity index (χ3v) is 4.56. The van der Waals surface area contributed by atoms with Gasteiger partial charge in [0.1, 0.15) is 0 Å². The van der Waals surface area contributed by atoms with Gasteiger partial charge in [-0.25, -0.2) is 9.98 Å². The van der Waals surface area contributed by atoms with Gasteiger partial charge < -0.3 is 20.1 Å². The number of ether oxygens (including phenoxy) is 2. The van der Waals surface area contributed by atoms with Crippen molar-refractivity contribution in [3.05, 3.63) is 47.2 Å². The Balaban J connectivity index is 0.00000261. The predicted molar refractivity (Wildman–Crippen MR) is 120 cm³/mol. The summed E-state index contributed by atoms with van der Waals surface area (Å²) in [6.45, 7) is 3.98. The van der Waals surface area contributed by atoms with E-state index in [2.05, 4.69) is 20.6 Å². The van der Waals surface area contributed by atoms with Crippen LogP contribution < -0.4 is 20.1 Å². The lowest BCUT2D eigenvalue weighted by molar-refractivity contribution is 0.354. The van der Waals surface area contributed by atoms with Gasteiger partial charge in [0.15, 0.2) is 22.4 Å². The fourth-order valence-electron chi connectivity index (χ4n) is 2.53. The fourth-order valence-corrected chi connectivity index (χ4v) is 3.25. The number of hydrogen-bond donors (Lipinski definition) is 2. The van der Waals surface area contributed by atoms with Crippen molar-refractivity contribution in [3.63, 3.8) is 0 Å². The molecule has 27 heavy (non-hydrogen) atoms. The first-order chi connectivity index (χ1) is 12.7. The summed E-state index contributed by atoms with van der Waals surface area (Å²) in [5.74, 6) is 2.17. The Labute approximate surface area is 179 Å². The van der Waals surface area contributed by atoms with Gasteiger partial charge in [-0.2, -0.15) is 0 Å². The summed E-state index contributed by atoms with van der Waals surface area (Å²) < 4.78 is 12.6. The van der Waals surface area contributed by atoms with Crippen LogP contribution in [0, 0.1) is 0 Å². The highest BCUT2D eigenvalue weighted by molar-refractivity contribution is 14.0. The van der Waals surface area contributed by atoms with E-state index in [0.717, 1.165) is 28.7 Å². The van der Waals surface area contributed by atoms with Crippen LogP contribution in [0.25, 0.3) is 4.96 Å². The second kappa shape index (κ2) is 10.4. The van der Waals surface area contributed by atoms with E-state index in [1.54, 1.807) is 25.6 Å². The van der Waals surface area contributed by atoms with Crippen LogP contribution in [0.3, 0.4) is 0 Å². The number of imidazole rings is 1. The van der Waals surface area contributed by atoms with E-state index in [4.69, 9.17) is 9.47 Å². The maximum atomic E-state index is 5.34. The zero-order valence-electron chi connectivity index (χ0n) is 15.6. The first kappa shape index (κ1) is 21.3. The van der Waals surface area contributed by atoms with E-state index in [9.17, 15) is 0 Å². The first-order valence-electron chi connectivity index (χ1n) is 8.37. The SMILES string of the molecule is CCNC(=NCc1ccc(OC)c(OC)c1)NCc1cn2ccsc2n1.I. The zero-order valence-corrected chi connectivity index (χ0v) is 18.7. The van der Waals surface area contributed by atoms with Gasteiger partial charge in [-0.3, -0.25) is 4.40 Å². The number of thiazole rings is 1. The van der Waals surface area contributed by atoms with E-state index >= 15 is 0 Å². The Bertz CT molecular complexity index is 864. The summed E-state index contributed by atoms with van der Waals surface area (Å²) in [7, 11) is 3.26. The van der Waals surface area contributed by atoms with Gasteiger partial charge in [-0.15, -0.1) is 35.3 Å². The Kier molecular flexibility index (Phi) is 8.17. The minimum absolute atomic E-state index is 0. The number of nitrogens with zero attached hydrogens (tertiary/aromatic N) is 3. The second-order valence-corrected chi connectivity index (χ2v) is 6.44. The van der Waals surface area contributed by atoms with Crippen LogP contribution in [0.15, 0.2) is 41.0 Å². The predicted octanol–water partition coefficient (Wildman–Crippen LogP) is 3.29. The van der Waals surface area contributed by atoms with Crippen LogP contribution in [0.1, 0.15) is 18.2 Å². The third-order valence-electron chi connectivity index (χ3n) is 3.79. The number of aromatic nitrogens is 2. The summed E-state index contributed by atoms with van der Waals surface area (Å²) in [5, 5.41) is 8.60. The summed E-state index contributed by atoms with van der Waals surface area (Å²) in [6, 6.07) is 5.81. The second-order valence-electron chi connectivity index (χ2n) is 5.56. The van der Waals surface area contributed by atoms with Crippen LogP contribution >= 0.6 is 35.3 Å². The fraction of sp³-hybridized carbons (Fsp3) is 0.333. The summed E-state index contributed by atoms with van der Waals surface area (Å²) in [6.07, 6.45) is 4.03. The highest BCUT2D eigenvalue weighted by atomic mass is 127. The average Bonchev–Trinajstić information content (AvgIpc) is 3.25. The Morgan fingerprint density at radius 3 is 2.74 bits per heavy atom. The van der Waals surface area contributed by atoms with E-state index in [1.165, 1.54) is 0 Å². The lowest BCUT2D eigenvalue weighted by Gasteiger charge is -2.11. The number of nitrogens with one attached hydrogen (secondary N) is 2. The van der Waals surface area contributed by atoms with Crippen molar-refractivity contribution in [2.24, 2.45) is 4.99 Å². The molecule has 0 amide bonds. The lowest BCUT2D eigenvalue weighted by atomic mass is 10.2. The maximum absolute atomic E-state index is 5.34. The molecule has 2 aromatic heterocycles.